The molecule has 5 heteroatoms. The van der Waals surface area contributed by atoms with Gasteiger partial charge in [-0.1, -0.05) is 38.5 Å². The third-order valence-corrected chi connectivity index (χ3v) is 6.35. The number of hydrogen-bond donors (Lipinski definition) is 4. The highest BCUT2D eigenvalue weighted by molar-refractivity contribution is 5.67. The first-order valence-electron chi connectivity index (χ1n) is 10.3. The summed E-state index contributed by atoms with van der Waals surface area (Å²) in [5, 5.41) is 31.6. The number of carboxylic acids is 1. The van der Waals surface area contributed by atoms with Gasteiger partial charge in [-0.05, 0) is 50.9 Å². The Bertz CT molecular complexity index is 395. The molecule has 146 valence electrons. The van der Waals surface area contributed by atoms with Gasteiger partial charge < -0.3 is 20.6 Å². The average Bonchev–Trinajstić information content (AvgIpc) is 2.57. The quantitative estimate of drug-likeness (QED) is 0.477. The van der Waals surface area contributed by atoms with Crippen molar-refractivity contribution in [1.29, 1.82) is 0 Å². The molecular weight excluding hydrogens is 318 g/mol. The van der Waals surface area contributed by atoms with E-state index in [1.165, 1.54) is 38.5 Å². The van der Waals surface area contributed by atoms with Crippen LogP contribution in [0.2, 0.25) is 0 Å². The smallest absolute Gasteiger partial charge is 0.305 e. The molecule has 2 fully saturated rings. The van der Waals surface area contributed by atoms with Gasteiger partial charge in [-0.2, -0.15) is 0 Å². The molecule has 1 saturated carbocycles. The molecule has 2 aliphatic rings. The van der Waals surface area contributed by atoms with E-state index in [1.54, 1.807) is 0 Å². The Balaban J connectivity index is 1.53. The highest BCUT2D eigenvalue weighted by atomic mass is 16.4. The van der Waals surface area contributed by atoms with Crippen LogP contribution in [-0.2, 0) is 4.79 Å². The van der Waals surface area contributed by atoms with Crippen LogP contribution in [0.3, 0.4) is 0 Å². The van der Waals surface area contributed by atoms with E-state index in [4.69, 9.17) is 5.11 Å². The van der Waals surface area contributed by atoms with Gasteiger partial charge in [-0.15, -0.1) is 0 Å². The van der Waals surface area contributed by atoms with Crippen LogP contribution in [0.1, 0.15) is 84.0 Å². The number of unbranched alkanes of at least 4 members (excludes halogenated alkanes) is 2. The lowest BCUT2D eigenvalue weighted by atomic mass is 9.74. The second-order valence-corrected chi connectivity index (χ2v) is 8.38. The van der Waals surface area contributed by atoms with E-state index in [-0.39, 0.29) is 18.6 Å². The first kappa shape index (κ1) is 20.7. The number of nitrogens with one attached hydrogen (secondary N) is 1. The van der Waals surface area contributed by atoms with Crippen LogP contribution in [0.4, 0.5) is 0 Å². The van der Waals surface area contributed by atoms with Crippen molar-refractivity contribution in [3.63, 3.8) is 0 Å². The summed E-state index contributed by atoms with van der Waals surface area (Å²) < 4.78 is 0. The molecule has 4 atom stereocenters. The number of aliphatic carboxylic acids is 1. The number of aliphatic hydroxyl groups is 2. The van der Waals surface area contributed by atoms with E-state index in [9.17, 15) is 15.0 Å². The highest BCUT2D eigenvalue weighted by Gasteiger charge is 2.32. The molecular formula is C20H37NO4. The zero-order chi connectivity index (χ0) is 18.2. The van der Waals surface area contributed by atoms with Crippen molar-refractivity contribution in [2.45, 2.75) is 108 Å². The van der Waals surface area contributed by atoms with Crippen LogP contribution in [0.25, 0.3) is 0 Å². The van der Waals surface area contributed by atoms with Crippen LogP contribution >= 0.6 is 0 Å². The fourth-order valence-corrected chi connectivity index (χ4v) is 4.68. The molecule has 0 aromatic heterocycles. The Labute approximate surface area is 152 Å². The van der Waals surface area contributed by atoms with Gasteiger partial charge >= 0.3 is 5.97 Å². The molecule has 1 saturated heterocycles. The Morgan fingerprint density at radius 1 is 1.08 bits per heavy atom. The monoisotopic (exact) mass is 355 g/mol. The maximum Gasteiger partial charge on any atom is 0.305 e. The van der Waals surface area contributed by atoms with Crippen molar-refractivity contribution >= 4 is 5.97 Å². The van der Waals surface area contributed by atoms with E-state index >= 15 is 0 Å². The molecule has 0 amide bonds. The summed E-state index contributed by atoms with van der Waals surface area (Å²) in [5.74, 6) is 0.699. The molecule has 4 unspecified atom stereocenters. The zero-order valence-electron chi connectivity index (χ0n) is 15.7. The molecule has 0 bridgehead atoms. The summed E-state index contributed by atoms with van der Waals surface area (Å²) in [7, 11) is 0. The van der Waals surface area contributed by atoms with Crippen LogP contribution in [0.5, 0.6) is 0 Å². The van der Waals surface area contributed by atoms with Crippen molar-refractivity contribution in [1.82, 2.24) is 5.32 Å². The van der Waals surface area contributed by atoms with Crippen molar-refractivity contribution in [3.05, 3.63) is 0 Å². The molecule has 0 spiro atoms. The van der Waals surface area contributed by atoms with Gasteiger partial charge in [0.1, 0.15) is 0 Å². The summed E-state index contributed by atoms with van der Waals surface area (Å²) in [6.45, 7) is 2.09. The van der Waals surface area contributed by atoms with Crippen LogP contribution in [0, 0.1) is 11.8 Å². The van der Waals surface area contributed by atoms with Gasteiger partial charge in [0.15, 0.2) is 0 Å². The van der Waals surface area contributed by atoms with E-state index in [0.29, 0.717) is 12.5 Å². The zero-order valence-corrected chi connectivity index (χ0v) is 15.7. The molecule has 1 aliphatic heterocycles. The Kier molecular flexibility index (Phi) is 8.67. The first-order chi connectivity index (χ1) is 12.0. The molecule has 0 aromatic carbocycles. The number of aliphatic hydroxyl groups excluding tert-OH is 2. The topological polar surface area (TPSA) is 89.8 Å². The molecule has 5 nitrogen and oxygen atoms in total. The average molecular weight is 356 g/mol. The predicted octanol–water partition coefficient (Wildman–Crippen LogP) is 3.08. The van der Waals surface area contributed by atoms with Gasteiger partial charge in [0.25, 0.3) is 0 Å². The Morgan fingerprint density at radius 3 is 2.44 bits per heavy atom. The summed E-state index contributed by atoms with van der Waals surface area (Å²) in [4.78, 5) is 10.5. The molecule has 1 aliphatic carbocycles. The fourth-order valence-electron chi connectivity index (χ4n) is 4.68. The van der Waals surface area contributed by atoms with Crippen LogP contribution < -0.4 is 5.32 Å². The maximum absolute atomic E-state index is 10.5. The third kappa shape index (κ3) is 7.24. The number of hydrogen-bond acceptors (Lipinski definition) is 4. The Morgan fingerprint density at radius 2 is 1.80 bits per heavy atom. The molecule has 4 N–H and O–H groups in total. The Hall–Kier alpha value is -0.650. The van der Waals surface area contributed by atoms with Crippen molar-refractivity contribution in [3.8, 4) is 0 Å². The van der Waals surface area contributed by atoms with Crippen LogP contribution in [0.15, 0.2) is 0 Å². The van der Waals surface area contributed by atoms with Crippen LogP contribution in [-0.4, -0.2) is 45.6 Å². The van der Waals surface area contributed by atoms with Gasteiger partial charge in [0, 0.05) is 12.1 Å². The number of carbonyl (C=O) groups is 1. The number of piperidine rings is 1. The minimum absolute atomic E-state index is 0.130. The van der Waals surface area contributed by atoms with Gasteiger partial charge in [-0.25, -0.2) is 0 Å². The number of carboxylic acid groups (broad SMARTS) is 1. The van der Waals surface area contributed by atoms with E-state index < -0.39 is 12.1 Å². The van der Waals surface area contributed by atoms with E-state index in [1.807, 2.05) is 0 Å². The molecule has 2 rings (SSSR count). The lowest BCUT2D eigenvalue weighted by Gasteiger charge is -2.40. The summed E-state index contributed by atoms with van der Waals surface area (Å²) in [6.07, 6.45) is 11.4. The summed E-state index contributed by atoms with van der Waals surface area (Å²) >= 11 is 0. The number of rotatable bonds is 9. The van der Waals surface area contributed by atoms with Gasteiger partial charge in [0.2, 0.25) is 0 Å². The second kappa shape index (κ2) is 10.5. The van der Waals surface area contributed by atoms with Crippen molar-refractivity contribution < 1.29 is 20.1 Å². The molecule has 0 aromatic rings. The largest absolute Gasteiger partial charge is 0.481 e. The standard InChI is InChI=1S/C20H37NO4/c1-14-19(23)12-11-18(21-14)16-9-7-15(8-10-16)5-3-2-4-6-17(22)13-20(24)25/h14-19,21-23H,2-13H2,1H3,(H,24,25). The lowest BCUT2D eigenvalue weighted by molar-refractivity contribution is -0.139. The van der Waals surface area contributed by atoms with Gasteiger partial charge in [-0.3, -0.25) is 4.79 Å². The predicted molar refractivity (Wildman–Crippen MR) is 98.4 cm³/mol. The van der Waals surface area contributed by atoms with E-state index in [2.05, 4.69) is 12.2 Å². The highest BCUT2D eigenvalue weighted by Crippen LogP contribution is 2.36. The van der Waals surface area contributed by atoms with Gasteiger partial charge in [0.05, 0.1) is 18.6 Å². The maximum atomic E-state index is 10.5. The SMILES string of the molecule is CC1NC(C2CCC(CCCCCC(O)CC(=O)O)CC2)CCC1O. The summed E-state index contributed by atoms with van der Waals surface area (Å²) in [5.41, 5.74) is 0. The lowest BCUT2D eigenvalue weighted by Crippen LogP contribution is -2.52. The molecule has 0 radical (unpaired) electrons. The fraction of sp³-hybridized carbons (Fsp3) is 0.950. The minimum Gasteiger partial charge on any atom is -0.481 e. The van der Waals surface area contributed by atoms with Crippen molar-refractivity contribution in [2.75, 3.05) is 0 Å². The third-order valence-electron chi connectivity index (χ3n) is 6.35. The second-order valence-electron chi connectivity index (χ2n) is 8.38. The molecule has 1 heterocycles. The van der Waals surface area contributed by atoms with E-state index in [0.717, 1.165) is 37.5 Å². The summed E-state index contributed by atoms with van der Waals surface area (Å²) in [6, 6.07) is 0.822. The minimum atomic E-state index is -0.916. The molecule has 25 heavy (non-hydrogen) atoms. The first-order valence-corrected chi connectivity index (χ1v) is 10.3. The van der Waals surface area contributed by atoms with Crippen molar-refractivity contribution in [2.24, 2.45) is 11.8 Å². The normalized spacial score (nSPS) is 34.6.